The molecule has 3 rings (SSSR count). The van der Waals surface area contributed by atoms with Gasteiger partial charge in [-0.05, 0) is 30.9 Å². The average Bonchev–Trinajstić information content (AvgIpc) is 2.63. The molecule has 0 bridgehead atoms. The number of fused-ring (bicyclic) bond motifs is 1. The van der Waals surface area contributed by atoms with Crippen LogP contribution in [0.3, 0.4) is 0 Å². The van der Waals surface area contributed by atoms with Gasteiger partial charge in [0.15, 0.2) is 0 Å². The highest BCUT2D eigenvalue weighted by molar-refractivity contribution is 7.99. The molecule has 1 saturated carbocycles. The van der Waals surface area contributed by atoms with Crippen molar-refractivity contribution in [1.29, 1.82) is 0 Å². The van der Waals surface area contributed by atoms with Crippen molar-refractivity contribution >= 4 is 23.7 Å². The molecule has 136 valence electrons. The molecule has 1 aliphatic heterocycles. The smallest absolute Gasteiger partial charge is 0.315 e. The number of amides is 3. The summed E-state index contributed by atoms with van der Waals surface area (Å²) in [5.74, 6) is 1.01. The average molecular weight is 362 g/mol. The predicted molar refractivity (Wildman–Crippen MR) is 101 cm³/mol. The Hall–Kier alpha value is -1.69. The third-order valence-electron chi connectivity index (χ3n) is 4.87. The molecule has 3 N–H and O–H groups in total. The number of hydrogen-bond donors (Lipinski definition) is 3. The number of benzene rings is 1. The number of nitrogens with one attached hydrogen (secondary N) is 3. The van der Waals surface area contributed by atoms with Gasteiger partial charge in [-0.3, -0.25) is 4.79 Å². The summed E-state index contributed by atoms with van der Waals surface area (Å²) in [6.07, 6.45) is 7.03. The molecule has 6 heteroatoms. The molecule has 25 heavy (non-hydrogen) atoms. The largest absolute Gasteiger partial charge is 0.349 e. The quantitative estimate of drug-likeness (QED) is 0.753. The predicted octanol–water partition coefficient (Wildman–Crippen LogP) is 3.36. The monoisotopic (exact) mass is 361 g/mol. The van der Waals surface area contributed by atoms with E-state index in [2.05, 4.69) is 28.1 Å². The lowest BCUT2D eigenvalue weighted by molar-refractivity contribution is -0.121. The van der Waals surface area contributed by atoms with Gasteiger partial charge in [0.25, 0.3) is 0 Å². The summed E-state index contributed by atoms with van der Waals surface area (Å²) in [5, 5.41) is 8.91. The van der Waals surface area contributed by atoms with E-state index in [0.29, 0.717) is 19.0 Å². The highest BCUT2D eigenvalue weighted by Crippen LogP contribution is 2.35. The van der Waals surface area contributed by atoms with Crippen molar-refractivity contribution in [3.05, 3.63) is 29.8 Å². The summed E-state index contributed by atoms with van der Waals surface area (Å²) in [4.78, 5) is 25.3. The lowest BCUT2D eigenvalue weighted by Gasteiger charge is -2.26. The summed E-state index contributed by atoms with van der Waals surface area (Å²) in [5.41, 5.74) is 1.20. The van der Waals surface area contributed by atoms with Crippen LogP contribution >= 0.6 is 11.8 Å². The molecule has 1 aliphatic carbocycles. The molecular formula is C19H27N3O2S. The molecule has 0 radical (unpaired) electrons. The number of carbonyl (C=O) groups is 2. The number of urea groups is 1. The first-order valence-electron chi connectivity index (χ1n) is 9.28. The molecule has 1 atom stereocenters. The van der Waals surface area contributed by atoms with Crippen molar-refractivity contribution < 1.29 is 9.59 Å². The molecule has 1 unspecified atom stereocenters. The van der Waals surface area contributed by atoms with Gasteiger partial charge in [0.1, 0.15) is 0 Å². The molecule has 0 saturated heterocycles. The first-order chi connectivity index (χ1) is 12.2. The number of hydrogen-bond acceptors (Lipinski definition) is 3. The van der Waals surface area contributed by atoms with Gasteiger partial charge in [0, 0.05) is 29.7 Å². The Morgan fingerprint density at radius 1 is 1.04 bits per heavy atom. The number of thioether (sulfide) groups is 1. The van der Waals surface area contributed by atoms with Crippen LogP contribution in [0, 0.1) is 0 Å². The SMILES string of the molecule is O=C(CCNC(=O)NC1CCCCC1)NC1CCSc2ccccc21. The Labute approximate surface area is 153 Å². The zero-order valence-corrected chi connectivity index (χ0v) is 15.4. The molecule has 5 nitrogen and oxygen atoms in total. The van der Waals surface area contributed by atoms with Crippen LogP contribution < -0.4 is 16.0 Å². The zero-order chi connectivity index (χ0) is 17.5. The van der Waals surface area contributed by atoms with Gasteiger partial charge in [0.2, 0.25) is 5.91 Å². The Morgan fingerprint density at radius 3 is 2.68 bits per heavy atom. The zero-order valence-electron chi connectivity index (χ0n) is 14.6. The van der Waals surface area contributed by atoms with Gasteiger partial charge >= 0.3 is 6.03 Å². The molecule has 2 aliphatic rings. The summed E-state index contributed by atoms with van der Waals surface area (Å²) >= 11 is 1.84. The van der Waals surface area contributed by atoms with Crippen molar-refractivity contribution in [2.24, 2.45) is 0 Å². The van der Waals surface area contributed by atoms with Crippen LogP contribution in [0.4, 0.5) is 4.79 Å². The van der Waals surface area contributed by atoms with Crippen molar-refractivity contribution in [2.45, 2.75) is 61.9 Å². The van der Waals surface area contributed by atoms with Crippen LogP contribution in [-0.2, 0) is 4.79 Å². The van der Waals surface area contributed by atoms with E-state index in [1.54, 1.807) is 0 Å². The van der Waals surface area contributed by atoms with E-state index in [1.807, 2.05) is 23.9 Å². The summed E-state index contributed by atoms with van der Waals surface area (Å²) in [6.45, 7) is 0.369. The maximum Gasteiger partial charge on any atom is 0.315 e. The fraction of sp³-hybridized carbons (Fsp3) is 0.579. The van der Waals surface area contributed by atoms with Gasteiger partial charge < -0.3 is 16.0 Å². The van der Waals surface area contributed by atoms with Gasteiger partial charge in [0.05, 0.1) is 6.04 Å². The summed E-state index contributed by atoms with van der Waals surface area (Å²) in [7, 11) is 0. The van der Waals surface area contributed by atoms with Crippen LogP contribution in [0.2, 0.25) is 0 Å². The van der Waals surface area contributed by atoms with Crippen LogP contribution in [0.25, 0.3) is 0 Å². The molecule has 1 aromatic rings. The standard InChI is InChI=1S/C19H27N3O2S/c23-18(10-12-20-19(24)21-14-6-2-1-3-7-14)22-16-11-13-25-17-9-5-4-8-15(16)17/h4-5,8-9,14,16H,1-3,6-7,10-13H2,(H,22,23)(H2,20,21,24). The topological polar surface area (TPSA) is 70.2 Å². The number of carbonyl (C=O) groups excluding carboxylic acids is 2. The van der Waals surface area contributed by atoms with Gasteiger partial charge in [-0.25, -0.2) is 4.79 Å². The first-order valence-corrected chi connectivity index (χ1v) is 10.3. The lowest BCUT2D eigenvalue weighted by atomic mass is 9.96. The van der Waals surface area contributed by atoms with Gasteiger partial charge in [-0.1, -0.05) is 37.5 Å². The maximum atomic E-state index is 12.2. The summed E-state index contributed by atoms with van der Waals surface area (Å²) < 4.78 is 0. The Morgan fingerprint density at radius 2 is 1.84 bits per heavy atom. The minimum atomic E-state index is -0.154. The van der Waals surface area contributed by atoms with Crippen molar-refractivity contribution in [3.63, 3.8) is 0 Å². The van der Waals surface area contributed by atoms with Crippen molar-refractivity contribution in [2.75, 3.05) is 12.3 Å². The van der Waals surface area contributed by atoms with E-state index < -0.39 is 0 Å². The van der Waals surface area contributed by atoms with E-state index in [1.165, 1.54) is 29.7 Å². The molecule has 3 amide bonds. The second kappa shape index (κ2) is 9.13. The van der Waals surface area contributed by atoms with Crippen molar-refractivity contribution in [1.82, 2.24) is 16.0 Å². The van der Waals surface area contributed by atoms with Crippen LogP contribution in [0.1, 0.15) is 56.6 Å². The Bertz CT molecular complexity index is 602. The second-order valence-corrected chi connectivity index (χ2v) is 7.92. The molecule has 1 fully saturated rings. The molecule has 1 aromatic carbocycles. The van der Waals surface area contributed by atoms with Gasteiger partial charge in [-0.15, -0.1) is 11.8 Å². The highest BCUT2D eigenvalue weighted by atomic mass is 32.2. The first kappa shape index (κ1) is 18.1. The fourth-order valence-corrected chi connectivity index (χ4v) is 4.66. The van der Waals surface area contributed by atoms with E-state index in [9.17, 15) is 9.59 Å². The molecule has 1 heterocycles. The number of rotatable bonds is 5. The molecular weight excluding hydrogens is 334 g/mol. The van der Waals surface area contributed by atoms with E-state index in [-0.39, 0.29) is 18.0 Å². The van der Waals surface area contributed by atoms with Crippen LogP contribution in [0.15, 0.2) is 29.2 Å². The normalized spacial score (nSPS) is 20.4. The van der Waals surface area contributed by atoms with E-state index in [0.717, 1.165) is 25.0 Å². The third-order valence-corrected chi connectivity index (χ3v) is 5.99. The van der Waals surface area contributed by atoms with E-state index >= 15 is 0 Å². The fourth-order valence-electron chi connectivity index (χ4n) is 3.53. The second-order valence-electron chi connectivity index (χ2n) is 6.78. The Kier molecular flexibility index (Phi) is 6.62. The van der Waals surface area contributed by atoms with E-state index in [4.69, 9.17) is 0 Å². The molecule has 0 spiro atoms. The molecule has 0 aromatic heterocycles. The highest BCUT2D eigenvalue weighted by Gasteiger charge is 2.21. The minimum absolute atomic E-state index is 0.00957. The lowest BCUT2D eigenvalue weighted by Crippen LogP contribution is -2.44. The van der Waals surface area contributed by atoms with Gasteiger partial charge in [-0.2, -0.15) is 0 Å². The maximum absolute atomic E-state index is 12.2. The van der Waals surface area contributed by atoms with Crippen LogP contribution in [0.5, 0.6) is 0 Å². The van der Waals surface area contributed by atoms with Crippen molar-refractivity contribution in [3.8, 4) is 0 Å². The minimum Gasteiger partial charge on any atom is -0.349 e. The summed E-state index contributed by atoms with van der Waals surface area (Å²) in [6, 6.07) is 8.46. The third kappa shape index (κ3) is 5.39. The Balaban J connectivity index is 1.38. The van der Waals surface area contributed by atoms with Crippen LogP contribution in [-0.4, -0.2) is 30.3 Å².